The van der Waals surface area contributed by atoms with Gasteiger partial charge < -0.3 is 10.3 Å². The first kappa shape index (κ1) is 10.4. The number of imidazole rings is 1. The molecule has 1 aliphatic heterocycles. The fraction of sp³-hybridized carbons (Fsp3) is 0.357. The van der Waals surface area contributed by atoms with Gasteiger partial charge in [0, 0.05) is 12.1 Å². The minimum atomic E-state index is 0.704. The van der Waals surface area contributed by atoms with Gasteiger partial charge in [-0.25, -0.2) is 4.98 Å². The summed E-state index contributed by atoms with van der Waals surface area (Å²) < 4.78 is 2.28. The first-order valence-corrected chi connectivity index (χ1v) is 6.16. The summed E-state index contributed by atoms with van der Waals surface area (Å²) >= 11 is 0. The lowest BCUT2D eigenvalue weighted by molar-refractivity contribution is 0.420. The summed E-state index contributed by atoms with van der Waals surface area (Å²) in [7, 11) is 0. The molecule has 0 saturated heterocycles. The van der Waals surface area contributed by atoms with Gasteiger partial charge in [-0.3, -0.25) is 0 Å². The molecule has 3 heteroatoms. The van der Waals surface area contributed by atoms with E-state index in [1.54, 1.807) is 0 Å². The van der Waals surface area contributed by atoms with Crippen molar-refractivity contribution in [2.75, 3.05) is 5.73 Å². The molecule has 2 heterocycles. The summed E-state index contributed by atoms with van der Waals surface area (Å²) in [5.41, 5.74) is 8.39. The van der Waals surface area contributed by atoms with Crippen LogP contribution >= 0.6 is 0 Å². The average Bonchev–Trinajstić information content (AvgIpc) is 2.68. The molecule has 1 aliphatic rings. The second kappa shape index (κ2) is 3.91. The summed E-state index contributed by atoms with van der Waals surface area (Å²) in [5, 5.41) is 0. The number of fused-ring (bicyclic) bond motifs is 1. The van der Waals surface area contributed by atoms with E-state index >= 15 is 0 Å². The van der Waals surface area contributed by atoms with E-state index in [0.29, 0.717) is 11.7 Å². The predicted octanol–water partition coefficient (Wildman–Crippen LogP) is 2.71. The molecule has 0 saturated carbocycles. The normalized spacial score (nSPS) is 19.0. The van der Waals surface area contributed by atoms with Crippen molar-refractivity contribution in [3.63, 3.8) is 0 Å². The molecule has 0 aliphatic carbocycles. The number of anilines is 1. The lowest BCUT2D eigenvalue weighted by Crippen LogP contribution is -2.18. The van der Waals surface area contributed by atoms with E-state index in [1.165, 1.54) is 12.1 Å². The largest absolute Gasteiger partial charge is 0.382 e. The summed E-state index contributed by atoms with van der Waals surface area (Å²) in [6, 6.07) is 10.3. The number of rotatable bonds is 1. The zero-order chi connectivity index (χ0) is 11.8. The molecule has 2 N–H and O–H groups in total. The number of hydrogen-bond donors (Lipinski definition) is 1. The number of nitrogen functional groups attached to an aromatic ring is 1. The maximum absolute atomic E-state index is 6.03. The molecule has 0 fully saturated rings. The van der Waals surface area contributed by atoms with Gasteiger partial charge in [0.2, 0.25) is 0 Å². The van der Waals surface area contributed by atoms with Gasteiger partial charge in [-0.2, -0.15) is 0 Å². The molecule has 0 bridgehead atoms. The molecule has 88 valence electrons. The summed E-state index contributed by atoms with van der Waals surface area (Å²) in [4.78, 5) is 4.54. The third-order valence-electron chi connectivity index (χ3n) is 3.52. The van der Waals surface area contributed by atoms with Crippen molar-refractivity contribution in [3.8, 4) is 11.4 Å². The Labute approximate surface area is 101 Å². The average molecular weight is 227 g/mol. The van der Waals surface area contributed by atoms with E-state index in [-0.39, 0.29) is 0 Å². The molecule has 1 aromatic carbocycles. The van der Waals surface area contributed by atoms with Crippen LogP contribution in [0.4, 0.5) is 5.82 Å². The molecule has 3 rings (SSSR count). The van der Waals surface area contributed by atoms with E-state index < -0.39 is 0 Å². The standard InChI is InChI=1S/C14H17N3/c1-10-7-8-17-12(9-10)13(15)16-14(17)11-5-3-2-4-6-11/h2-6,10H,7-9,15H2,1H3. The van der Waals surface area contributed by atoms with Crippen molar-refractivity contribution in [1.29, 1.82) is 0 Å². The molecule has 0 radical (unpaired) electrons. The molecular formula is C14H17N3. The summed E-state index contributed by atoms with van der Waals surface area (Å²) in [5.74, 6) is 2.44. The molecular weight excluding hydrogens is 210 g/mol. The highest BCUT2D eigenvalue weighted by Crippen LogP contribution is 2.30. The highest BCUT2D eigenvalue weighted by molar-refractivity contribution is 5.60. The van der Waals surface area contributed by atoms with Crippen molar-refractivity contribution in [2.45, 2.75) is 26.3 Å². The van der Waals surface area contributed by atoms with Gasteiger partial charge in [0.05, 0.1) is 5.69 Å². The lowest BCUT2D eigenvalue weighted by Gasteiger charge is -2.22. The Morgan fingerprint density at radius 1 is 1.29 bits per heavy atom. The van der Waals surface area contributed by atoms with Crippen LogP contribution in [0.2, 0.25) is 0 Å². The van der Waals surface area contributed by atoms with E-state index in [2.05, 4.69) is 28.6 Å². The minimum absolute atomic E-state index is 0.704. The van der Waals surface area contributed by atoms with Crippen molar-refractivity contribution >= 4 is 5.82 Å². The highest BCUT2D eigenvalue weighted by Gasteiger charge is 2.22. The molecule has 1 atom stereocenters. The summed E-state index contributed by atoms with van der Waals surface area (Å²) in [6.07, 6.45) is 2.26. The Morgan fingerprint density at radius 2 is 2.06 bits per heavy atom. The van der Waals surface area contributed by atoms with E-state index in [0.717, 1.165) is 24.4 Å². The van der Waals surface area contributed by atoms with Gasteiger partial charge in [-0.15, -0.1) is 0 Å². The monoisotopic (exact) mass is 227 g/mol. The minimum Gasteiger partial charge on any atom is -0.382 e. The van der Waals surface area contributed by atoms with Crippen LogP contribution in [0.5, 0.6) is 0 Å². The van der Waals surface area contributed by atoms with Crippen molar-refractivity contribution in [2.24, 2.45) is 5.92 Å². The van der Waals surface area contributed by atoms with E-state index in [9.17, 15) is 0 Å². The lowest BCUT2D eigenvalue weighted by atomic mass is 9.98. The second-order valence-corrected chi connectivity index (χ2v) is 4.88. The van der Waals surface area contributed by atoms with Crippen LogP contribution in [0.15, 0.2) is 30.3 Å². The molecule has 2 aromatic rings. The van der Waals surface area contributed by atoms with Crippen molar-refractivity contribution in [3.05, 3.63) is 36.0 Å². The zero-order valence-electron chi connectivity index (χ0n) is 10.1. The van der Waals surface area contributed by atoms with Gasteiger partial charge in [-0.1, -0.05) is 37.3 Å². The molecule has 1 unspecified atom stereocenters. The number of hydrogen-bond acceptors (Lipinski definition) is 2. The van der Waals surface area contributed by atoms with Crippen LogP contribution in [-0.2, 0) is 13.0 Å². The maximum Gasteiger partial charge on any atom is 0.145 e. The van der Waals surface area contributed by atoms with Crippen LogP contribution < -0.4 is 5.73 Å². The van der Waals surface area contributed by atoms with Crippen LogP contribution in [-0.4, -0.2) is 9.55 Å². The molecule has 3 nitrogen and oxygen atoms in total. The fourth-order valence-corrected chi connectivity index (χ4v) is 2.55. The number of aromatic nitrogens is 2. The Balaban J connectivity index is 2.11. The summed E-state index contributed by atoms with van der Waals surface area (Å²) in [6.45, 7) is 3.31. The zero-order valence-corrected chi connectivity index (χ0v) is 10.1. The van der Waals surface area contributed by atoms with Crippen LogP contribution in [0.1, 0.15) is 19.0 Å². The SMILES string of the molecule is CC1CCn2c(-c3ccccc3)nc(N)c2C1. The molecule has 1 aromatic heterocycles. The predicted molar refractivity (Wildman–Crippen MR) is 69.6 cm³/mol. The molecule has 17 heavy (non-hydrogen) atoms. The smallest absolute Gasteiger partial charge is 0.145 e. The van der Waals surface area contributed by atoms with Gasteiger partial charge in [-0.05, 0) is 18.8 Å². The third-order valence-corrected chi connectivity index (χ3v) is 3.52. The van der Waals surface area contributed by atoms with Crippen molar-refractivity contribution in [1.82, 2.24) is 9.55 Å². The number of nitrogens with two attached hydrogens (primary N) is 1. The Hall–Kier alpha value is -1.77. The van der Waals surface area contributed by atoms with Crippen LogP contribution in [0.25, 0.3) is 11.4 Å². The quantitative estimate of drug-likeness (QED) is 0.814. The first-order chi connectivity index (χ1) is 8.25. The second-order valence-electron chi connectivity index (χ2n) is 4.88. The first-order valence-electron chi connectivity index (χ1n) is 6.16. The number of benzene rings is 1. The molecule has 0 spiro atoms. The van der Waals surface area contributed by atoms with Crippen molar-refractivity contribution < 1.29 is 0 Å². The van der Waals surface area contributed by atoms with Gasteiger partial charge >= 0.3 is 0 Å². The molecule has 0 amide bonds. The topological polar surface area (TPSA) is 43.8 Å². The van der Waals surface area contributed by atoms with Crippen LogP contribution in [0, 0.1) is 5.92 Å². The Kier molecular flexibility index (Phi) is 2.39. The Morgan fingerprint density at radius 3 is 2.82 bits per heavy atom. The van der Waals surface area contributed by atoms with Gasteiger partial charge in [0.15, 0.2) is 0 Å². The van der Waals surface area contributed by atoms with E-state index in [4.69, 9.17) is 5.73 Å². The highest BCUT2D eigenvalue weighted by atomic mass is 15.1. The fourth-order valence-electron chi connectivity index (χ4n) is 2.55. The van der Waals surface area contributed by atoms with Crippen LogP contribution in [0.3, 0.4) is 0 Å². The van der Waals surface area contributed by atoms with E-state index in [1.807, 2.05) is 18.2 Å². The van der Waals surface area contributed by atoms with Gasteiger partial charge in [0.1, 0.15) is 11.6 Å². The number of nitrogens with zero attached hydrogens (tertiary/aromatic N) is 2. The van der Waals surface area contributed by atoms with Gasteiger partial charge in [0.25, 0.3) is 0 Å². The Bertz CT molecular complexity index is 528. The third kappa shape index (κ3) is 1.71. The maximum atomic E-state index is 6.03.